The van der Waals surface area contributed by atoms with Crippen molar-refractivity contribution < 1.29 is 8.42 Å². The van der Waals surface area contributed by atoms with Crippen molar-refractivity contribution in [2.75, 3.05) is 5.75 Å². The van der Waals surface area contributed by atoms with E-state index in [1.54, 1.807) is 12.2 Å². The van der Waals surface area contributed by atoms with Gasteiger partial charge >= 0.3 is 0 Å². The van der Waals surface area contributed by atoms with Crippen LogP contribution in [0.3, 0.4) is 0 Å². The van der Waals surface area contributed by atoms with E-state index >= 15 is 0 Å². The molecule has 1 heterocycles. The molecule has 0 N–H and O–H groups in total. The monoisotopic (exact) mass is 146 g/mol. The van der Waals surface area contributed by atoms with Gasteiger partial charge < -0.3 is 0 Å². The molecule has 0 amide bonds. The van der Waals surface area contributed by atoms with Crippen molar-refractivity contribution in [3.05, 3.63) is 12.2 Å². The van der Waals surface area contributed by atoms with Crippen LogP contribution in [0, 0.1) is 0 Å². The predicted molar refractivity (Wildman–Crippen MR) is 37.0 cm³/mol. The lowest BCUT2D eigenvalue weighted by atomic mass is 10.3. The highest BCUT2D eigenvalue weighted by Gasteiger charge is 2.23. The van der Waals surface area contributed by atoms with Gasteiger partial charge in [0.1, 0.15) is 0 Å². The lowest BCUT2D eigenvalue weighted by molar-refractivity contribution is 0.592. The van der Waals surface area contributed by atoms with Crippen LogP contribution in [0.15, 0.2) is 12.2 Å². The molecule has 1 atom stereocenters. The molecular weight excluding hydrogens is 136 g/mol. The number of hydrogen-bond acceptors (Lipinski definition) is 2. The average Bonchev–Trinajstić information content (AvgIpc) is 2.08. The Hall–Kier alpha value is -0.310. The molecule has 0 saturated carbocycles. The zero-order chi connectivity index (χ0) is 6.91. The second kappa shape index (κ2) is 2.14. The first-order valence-corrected chi connectivity index (χ1v) is 4.76. The van der Waals surface area contributed by atoms with Gasteiger partial charge in [-0.05, 0) is 6.42 Å². The highest BCUT2D eigenvalue weighted by molar-refractivity contribution is 7.92. The molecule has 1 rings (SSSR count). The molecule has 2 nitrogen and oxygen atoms in total. The fourth-order valence-corrected chi connectivity index (χ4v) is 2.46. The van der Waals surface area contributed by atoms with Gasteiger partial charge in [-0.2, -0.15) is 0 Å². The Labute approximate surface area is 55.5 Å². The topological polar surface area (TPSA) is 34.1 Å². The summed E-state index contributed by atoms with van der Waals surface area (Å²) in [6, 6.07) is 0. The van der Waals surface area contributed by atoms with Crippen LogP contribution in [0.5, 0.6) is 0 Å². The maximum atomic E-state index is 10.9. The largest absolute Gasteiger partial charge is 0.228 e. The van der Waals surface area contributed by atoms with Crippen LogP contribution in [0.1, 0.15) is 13.3 Å². The van der Waals surface area contributed by atoms with Crippen molar-refractivity contribution in [1.29, 1.82) is 0 Å². The van der Waals surface area contributed by atoms with Gasteiger partial charge in [0.05, 0.1) is 11.0 Å². The minimum Gasteiger partial charge on any atom is -0.228 e. The quantitative estimate of drug-likeness (QED) is 0.511. The second-order valence-corrected chi connectivity index (χ2v) is 4.47. The molecule has 0 saturated heterocycles. The van der Waals surface area contributed by atoms with E-state index in [1.165, 1.54) is 0 Å². The molecule has 0 fully saturated rings. The number of sulfone groups is 1. The molecule has 9 heavy (non-hydrogen) atoms. The highest BCUT2D eigenvalue weighted by Crippen LogP contribution is 2.14. The molecule has 1 aliphatic heterocycles. The average molecular weight is 146 g/mol. The molecule has 0 aromatic rings. The van der Waals surface area contributed by atoms with Crippen molar-refractivity contribution in [1.82, 2.24) is 0 Å². The standard InChI is InChI=1S/C6H10O2S/c1-2-6-4-3-5-9(6,7)8/h3-4,6H,2,5H2,1H3. The first kappa shape index (κ1) is 6.81. The lowest BCUT2D eigenvalue weighted by Gasteiger charge is -2.01. The van der Waals surface area contributed by atoms with Crippen LogP contribution in [0.2, 0.25) is 0 Å². The summed E-state index contributed by atoms with van der Waals surface area (Å²) < 4.78 is 21.9. The molecule has 0 radical (unpaired) electrons. The Balaban J connectivity index is 2.85. The van der Waals surface area contributed by atoms with Gasteiger partial charge in [0.15, 0.2) is 9.84 Å². The highest BCUT2D eigenvalue weighted by atomic mass is 32.2. The van der Waals surface area contributed by atoms with E-state index in [0.717, 1.165) is 0 Å². The molecule has 3 heteroatoms. The van der Waals surface area contributed by atoms with Crippen LogP contribution in [-0.4, -0.2) is 19.4 Å². The van der Waals surface area contributed by atoms with Crippen LogP contribution < -0.4 is 0 Å². The van der Waals surface area contributed by atoms with Crippen molar-refractivity contribution >= 4 is 9.84 Å². The van der Waals surface area contributed by atoms with Crippen LogP contribution in [0.25, 0.3) is 0 Å². The molecule has 52 valence electrons. The summed E-state index contributed by atoms with van der Waals surface area (Å²) in [5, 5.41) is -0.197. The molecule has 0 spiro atoms. The first-order valence-electron chi connectivity index (χ1n) is 3.05. The van der Waals surface area contributed by atoms with E-state index in [9.17, 15) is 8.42 Å². The first-order chi connectivity index (χ1) is 4.17. The Morgan fingerprint density at radius 2 is 2.33 bits per heavy atom. The summed E-state index contributed by atoms with van der Waals surface area (Å²) in [7, 11) is -2.75. The normalized spacial score (nSPS) is 31.0. The zero-order valence-corrected chi connectivity index (χ0v) is 6.19. The van der Waals surface area contributed by atoms with Crippen LogP contribution in [0.4, 0.5) is 0 Å². The summed E-state index contributed by atoms with van der Waals surface area (Å²) >= 11 is 0. The Morgan fingerprint density at radius 3 is 2.56 bits per heavy atom. The summed E-state index contributed by atoms with van der Waals surface area (Å²) in [4.78, 5) is 0. The molecule has 0 aromatic carbocycles. The van der Waals surface area contributed by atoms with Crippen molar-refractivity contribution in [3.63, 3.8) is 0 Å². The van der Waals surface area contributed by atoms with E-state index in [2.05, 4.69) is 0 Å². The van der Waals surface area contributed by atoms with E-state index in [-0.39, 0.29) is 11.0 Å². The van der Waals surface area contributed by atoms with Crippen molar-refractivity contribution in [2.45, 2.75) is 18.6 Å². The minimum atomic E-state index is -2.75. The fraction of sp³-hybridized carbons (Fsp3) is 0.667. The van der Waals surface area contributed by atoms with E-state index in [4.69, 9.17) is 0 Å². The van der Waals surface area contributed by atoms with Gasteiger partial charge in [0, 0.05) is 0 Å². The third-order valence-electron chi connectivity index (χ3n) is 1.54. The van der Waals surface area contributed by atoms with Gasteiger partial charge in [-0.1, -0.05) is 19.1 Å². The Kier molecular flexibility index (Phi) is 1.62. The van der Waals surface area contributed by atoms with Gasteiger partial charge in [-0.15, -0.1) is 0 Å². The van der Waals surface area contributed by atoms with Gasteiger partial charge in [0.25, 0.3) is 0 Å². The molecule has 0 bridgehead atoms. The molecule has 0 aliphatic carbocycles. The summed E-state index contributed by atoms with van der Waals surface area (Å²) in [6.45, 7) is 1.89. The Morgan fingerprint density at radius 1 is 1.67 bits per heavy atom. The SMILES string of the molecule is CCC1C=CCS1(=O)=O. The zero-order valence-electron chi connectivity index (χ0n) is 5.37. The maximum absolute atomic E-state index is 10.9. The predicted octanol–water partition coefficient (Wildman–Crippen LogP) is 0.750. The third-order valence-corrected chi connectivity index (χ3v) is 3.61. The number of hydrogen-bond donors (Lipinski definition) is 0. The molecular formula is C6H10O2S. The number of rotatable bonds is 1. The lowest BCUT2D eigenvalue weighted by Crippen LogP contribution is -2.14. The molecule has 0 aromatic heterocycles. The van der Waals surface area contributed by atoms with E-state index < -0.39 is 9.84 Å². The van der Waals surface area contributed by atoms with Gasteiger partial charge in [0.2, 0.25) is 0 Å². The molecule has 1 aliphatic rings. The third kappa shape index (κ3) is 1.15. The summed E-state index contributed by atoms with van der Waals surface area (Å²) in [5.74, 6) is 0.242. The van der Waals surface area contributed by atoms with Gasteiger partial charge in [-0.25, -0.2) is 8.42 Å². The minimum absolute atomic E-state index is 0.197. The smallest absolute Gasteiger partial charge is 0.160 e. The van der Waals surface area contributed by atoms with E-state index in [0.29, 0.717) is 6.42 Å². The van der Waals surface area contributed by atoms with Crippen LogP contribution >= 0.6 is 0 Å². The maximum Gasteiger partial charge on any atom is 0.160 e. The van der Waals surface area contributed by atoms with Crippen LogP contribution in [-0.2, 0) is 9.84 Å². The van der Waals surface area contributed by atoms with E-state index in [1.807, 2.05) is 6.92 Å². The van der Waals surface area contributed by atoms with Crippen molar-refractivity contribution in [2.24, 2.45) is 0 Å². The summed E-state index contributed by atoms with van der Waals surface area (Å²) in [5.41, 5.74) is 0. The molecule has 1 unspecified atom stereocenters. The fourth-order valence-electron chi connectivity index (χ4n) is 0.975. The Bertz CT molecular complexity index is 213. The van der Waals surface area contributed by atoms with Gasteiger partial charge in [-0.3, -0.25) is 0 Å². The second-order valence-electron chi connectivity index (χ2n) is 2.20. The summed E-state index contributed by atoms with van der Waals surface area (Å²) in [6.07, 6.45) is 4.21. The van der Waals surface area contributed by atoms with Crippen molar-refractivity contribution in [3.8, 4) is 0 Å².